The molecule has 3 heterocycles. The molecule has 2 aromatic rings. The number of nitrogens with one attached hydrogen (secondary N) is 1. The van der Waals surface area contributed by atoms with E-state index in [0.29, 0.717) is 22.9 Å². The molecule has 10 heteroatoms. The minimum atomic E-state index is -0.208. The van der Waals surface area contributed by atoms with Crippen LogP contribution in [0.2, 0.25) is 0 Å². The summed E-state index contributed by atoms with van der Waals surface area (Å²) in [6.07, 6.45) is 8.94. The highest BCUT2D eigenvalue weighted by Gasteiger charge is 2.28. The van der Waals surface area contributed by atoms with Gasteiger partial charge in [-0.15, -0.1) is 0 Å². The summed E-state index contributed by atoms with van der Waals surface area (Å²) >= 11 is 0. The molecule has 1 aromatic carbocycles. The van der Waals surface area contributed by atoms with Crippen LogP contribution in [0.25, 0.3) is 0 Å². The van der Waals surface area contributed by atoms with E-state index in [2.05, 4.69) is 31.3 Å². The van der Waals surface area contributed by atoms with Crippen molar-refractivity contribution in [2.45, 2.75) is 63.6 Å². The number of amides is 1. The van der Waals surface area contributed by atoms with Crippen LogP contribution in [0.1, 0.15) is 66.7 Å². The molecule has 1 N–H and O–H groups in total. The first-order valence-electron chi connectivity index (χ1n) is 13.9. The Morgan fingerprint density at radius 1 is 1.13 bits per heavy atom. The third kappa shape index (κ3) is 6.52. The molecular weight excluding hydrogens is 477 g/mol. The average Bonchev–Trinajstić information content (AvgIpc) is 2.98. The molecule has 198 valence electrons. The van der Waals surface area contributed by atoms with E-state index in [1.807, 2.05) is 24.3 Å². The molecule has 9 nitrogen and oxygen atoms in total. The van der Waals surface area contributed by atoms with Crippen LogP contribution in [0, 0.1) is 11.3 Å². The lowest BCUT2D eigenvalue weighted by Crippen LogP contribution is -2.52. The number of anilines is 1. The zero-order valence-electron chi connectivity index (χ0n) is 22.0. The molecular formula is C28H36BN7O2. The van der Waals surface area contributed by atoms with Gasteiger partial charge in [0.15, 0.2) is 0 Å². The standard InChI is InChI=1S/C28H36BN7O2/c29-25-19-31-26(18-30)32-27(25)36(24-7-2-1-3-8-24)33-28(37)22-6-4-5-21(17-22)20-34-11-9-23(10-12-34)35-13-15-38-16-14-35/h4-6,17,19,23-24H,1-3,7-16,20H2,(H,33,37). The second-order valence-corrected chi connectivity index (χ2v) is 10.5. The summed E-state index contributed by atoms with van der Waals surface area (Å²) in [7, 11) is 6.21. The lowest BCUT2D eigenvalue weighted by atomic mass is 9.93. The maximum Gasteiger partial charge on any atom is 0.269 e. The number of carbonyl (C=O) groups is 1. The molecule has 2 radical (unpaired) electrons. The van der Waals surface area contributed by atoms with Gasteiger partial charge in [-0.3, -0.25) is 25.0 Å². The molecule has 3 aliphatic rings. The summed E-state index contributed by atoms with van der Waals surface area (Å²) in [5, 5.41) is 11.1. The molecule has 0 spiro atoms. The second kappa shape index (κ2) is 12.7. The van der Waals surface area contributed by atoms with Crippen molar-refractivity contribution in [3.8, 4) is 6.07 Å². The molecule has 0 unspecified atom stereocenters. The zero-order chi connectivity index (χ0) is 26.3. The summed E-state index contributed by atoms with van der Waals surface area (Å²) in [5.74, 6) is 0.208. The number of hydrogen-bond acceptors (Lipinski definition) is 8. The van der Waals surface area contributed by atoms with Crippen LogP contribution >= 0.6 is 0 Å². The van der Waals surface area contributed by atoms with Gasteiger partial charge in [-0.2, -0.15) is 5.26 Å². The van der Waals surface area contributed by atoms with Crippen molar-refractivity contribution in [2.24, 2.45) is 0 Å². The van der Waals surface area contributed by atoms with E-state index >= 15 is 0 Å². The molecule has 2 aliphatic heterocycles. The minimum absolute atomic E-state index is 0.0312. The highest BCUT2D eigenvalue weighted by atomic mass is 16.5. The maximum absolute atomic E-state index is 13.5. The largest absolute Gasteiger partial charge is 0.379 e. The second-order valence-electron chi connectivity index (χ2n) is 10.5. The number of benzene rings is 1. The lowest BCUT2D eigenvalue weighted by Gasteiger charge is -2.40. The van der Waals surface area contributed by atoms with Crippen molar-refractivity contribution in [1.29, 1.82) is 5.26 Å². The number of hydrogen-bond donors (Lipinski definition) is 1. The molecule has 2 saturated heterocycles. The number of ether oxygens (including phenoxy) is 1. The van der Waals surface area contributed by atoms with Gasteiger partial charge in [0.1, 0.15) is 19.7 Å². The van der Waals surface area contributed by atoms with Crippen LogP contribution in [0.15, 0.2) is 30.5 Å². The smallest absolute Gasteiger partial charge is 0.269 e. The van der Waals surface area contributed by atoms with Gasteiger partial charge in [0, 0.05) is 37.4 Å². The van der Waals surface area contributed by atoms with E-state index in [9.17, 15) is 10.1 Å². The van der Waals surface area contributed by atoms with Gasteiger partial charge in [-0.05, 0) is 61.9 Å². The van der Waals surface area contributed by atoms with Crippen molar-refractivity contribution in [1.82, 2.24) is 25.2 Å². The van der Waals surface area contributed by atoms with Crippen molar-refractivity contribution in [2.75, 3.05) is 44.4 Å². The van der Waals surface area contributed by atoms with Gasteiger partial charge < -0.3 is 4.74 Å². The van der Waals surface area contributed by atoms with E-state index in [-0.39, 0.29) is 17.8 Å². The Kier molecular flexibility index (Phi) is 8.89. The normalized spacial score (nSPS) is 20.1. The number of hydrazine groups is 1. The summed E-state index contributed by atoms with van der Waals surface area (Å²) in [5.41, 5.74) is 5.13. The van der Waals surface area contributed by atoms with Crippen molar-refractivity contribution in [3.63, 3.8) is 0 Å². The number of morpholine rings is 1. The zero-order valence-corrected chi connectivity index (χ0v) is 22.0. The highest BCUT2D eigenvalue weighted by Crippen LogP contribution is 2.25. The molecule has 3 fully saturated rings. The van der Waals surface area contributed by atoms with Crippen LogP contribution in [-0.2, 0) is 11.3 Å². The summed E-state index contributed by atoms with van der Waals surface area (Å²) in [6, 6.07) is 10.5. The van der Waals surface area contributed by atoms with Crippen LogP contribution in [0.5, 0.6) is 0 Å². The van der Waals surface area contributed by atoms with Gasteiger partial charge >= 0.3 is 0 Å². The number of rotatable bonds is 7. The first-order valence-corrected chi connectivity index (χ1v) is 13.9. The lowest BCUT2D eigenvalue weighted by molar-refractivity contribution is 0.000228. The first kappa shape index (κ1) is 26.6. The SMILES string of the molecule is [B]c1cnc(C#N)nc1N(NC(=O)c1cccc(CN2CCC(N3CCOCC3)CC2)c1)C1CCCCC1. The maximum atomic E-state index is 13.5. The molecule has 0 bridgehead atoms. The van der Waals surface area contributed by atoms with Crippen molar-refractivity contribution in [3.05, 3.63) is 47.4 Å². The first-order chi connectivity index (χ1) is 18.6. The molecule has 1 amide bonds. The monoisotopic (exact) mass is 513 g/mol. The number of likely N-dealkylation sites (tertiary alicyclic amines) is 1. The highest BCUT2D eigenvalue weighted by molar-refractivity contribution is 6.35. The quantitative estimate of drug-likeness (QED) is 0.443. The Hall–Kier alpha value is -3.00. The van der Waals surface area contributed by atoms with E-state index in [1.54, 1.807) is 5.01 Å². The molecule has 1 saturated carbocycles. The topological polar surface area (TPSA) is 97.6 Å². The van der Waals surface area contributed by atoms with Crippen LogP contribution in [0.4, 0.5) is 5.82 Å². The Balaban J connectivity index is 1.25. The fourth-order valence-corrected chi connectivity index (χ4v) is 5.91. The number of nitrogens with zero attached hydrogens (tertiary/aromatic N) is 6. The van der Waals surface area contributed by atoms with Crippen LogP contribution < -0.4 is 15.9 Å². The van der Waals surface area contributed by atoms with Crippen molar-refractivity contribution < 1.29 is 9.53 Å². The van der Waals surface area contributed by atoms with Crippen molar-refractivity contribution >= 4 is 25.0 Å². The Labute approximate surface area is 226 Å². The van der Waals surface area contributed by atoms with Crippen LogP contribution in [0.3, 0.4) is 0 Å². The molecule has 0 atom stereocenters. The molecule has 1 aromatic heterocycles. The Morgan fingerprint density at radius 3 is 2.63 bits per heavy atom. The number of carbonyl (C=O) groups excluding carboxylic acids is 1. The van der Waals surface area contributed by atoms with Gasteiger partial charge in [-0.25, -0.2) is 9.97 Å². The summed E-state index contributed by atoms with van der Waals surface area (Å²) < 4.78 is 5.51. The average molecular weight is 513 g/mol. The Bertz CT molecular complexity index is 1140. The van der Waals surface area contributed by atoms with Gasteiger partial charge in [0.2, 0.25) is 5.82 Å². The third-order valence-corrected chi connectivity index (χ3v) is 8.00. The fourth-order valence-electron chi connectivity index (χ4n) is 5.91. The van der Waals surface area contributed by atoms with E-state index < -0.39 is 0 Å². The van der Waals surface area contributed by atoms with E-state index in [1.165, 1.54) is 25.5 Å². The number of piperidine rings is 1. The minimum Gasteiger partial charge on any atom is -0.379 e. The van der Waals surface area contributed by atoms with E-state index in [4.69, 9.17) is 12.6 Å². The Morgan fingerprint density at radius 2 is 1.89 bits per heavy atom. The summed E-state index contributed by atoms with van der Waals surface area (Å²) in [6.45, 7) is 6.71. The van der Waals surface area contributed by atoms with E-state index in [0.717, 1.165) is 77.2 Å². The van der Waals surface area contributed by atoms with Crippen LogP contribution in [-0.4, -0.2) is 85.0 Å². The summed E-state index contributed by atoms with van der Waals surface area (Å²) in [4.78, 5) is 26.8. The fraction of sp³-hybridized carbons (Fsp3) is 0.571. The predicted octanol–water partition coefficient (Wildman–Crippen LogP) is 1.92. The third-order valence-electron chi connectivity index (χ3n) is 8.00. The molecule has 38 heavy (non-hydrogen) atoms. The van der Waals surface area contributed by atoms with Gasteiger partial charge in [-0.1, -0.05) is 31.4 Å². The van der Waals surface area contributed by atoms with Gasteiger partial charge in [0.25, 0.3) is 5.91 Å². The number of aromatic nitrogens is 2. The van der Waals surface area contributed by atoms with Gasteiger partial charge in [0.05, 0.1) is 19.3 Å². The molecule has 1 aliphatic carbocycles. The molecule has 5 rings (SSSR count). The number of nitriles is 1. The predicted molar refractivity (Wildman–Crippen MR) is 146 cm³/mol.